The second-order valence-electron chi connectivity index (χ2n) is 4.36. The molecule has 6 atom stereocenters. The molecule has 2 rings (SSSR count). The minimum atomic E-state index is -0.289. The van der Waals surface area contributed by atoms with Crippen molar-refractivity contribution in [3.05, 3.63) is 0 Å². The summed E-state index contributed by atoms with van der Waals surface area (Å²) in [4.78, 5) is 0. The van der Waals surface area contributed by atoms with E-state index in [1.165, 1.54) is 0 Å². The van der Waals surface area contributed by atoms with Crippen molar-refractivity contribution in [2.45, 2.75) is 44.7 Å². The number of hydrogen-bond acceptors (Lipinski definition) is 3. The number of ether oxygens (including phenoxy) is 2. The molecule has 0 saturated carbocycles. The molecule has 0 aromatic heterocycles. The van der Waals surface area contributed by atoms with Gasteiger partial charge >= 0.3 is 0 Å². The minimum Gasteiger partial charge on any atom is -0.390 e. The Hall–Kier alpha value is -0.120. The van der Waals surface area contributed by atoms with Crippen molar-refractivity contribution < 1.29 is 14.6 Å². The van der Waals surface area contributed by atoms with Crippen LogP contribution in [-0.2, 0) is 9.47 Å². The molecule has 0 aromatic carbocycles. The van der Waals surface area contributed by atoms with E-state index in [2.05, 4.69) is 13.8 Å². The predicted octanol–water partition coefficient (Wildman–Crippen LogP) is 0.806. The highest BCUT2D eigenvalue weighted by molar-refractivity contribution is 4.98. The van der Waals surface area contributed by atoms with Gasteiger partial charge in [0.25, 0.3) is 0 Å². The van der Waals surface area contributed by atoms with Crippen molar-refractivity contribution in [1.82, 2.24) is 0 Å². The molecule has 1 N–H and O–H groups in total. The lowest BCUT2D eigenvalue weighted by molar-refractivity contribution is -0.149. The van der Waals surface area contributed by atoms with Crippen LogP contribution in [0, 0.1) is 11.8 Å². The third kappa shape index (κ3) is 1.30. The van der Waals surface area contributed by atoms with Gasteiger partial charge in [-0.15, -0.1) is 0 Å². The molecule has 6 unspecified atom stereocenters. The summed E-state index contributed by atoms with van der Waals surface area (Å²) in [5, 5.41) is 9.72. The van der Waals surface area contributed by atoms with Gasteiger partial charge in [-0.2, -0.15) is 0 Å². The lowest BCUT2D eigenvalue weighted by atomic mass is 9.86. The van der Waals surface area contributed by atoms with E-state index in [0.29, 0.717) is 11.8 Å². The van der Waals surface area contributed by atoms with Gasteiger partial charge in [0, 0.05) is 25.4 Å². The van der Waals surface area contributed by atoms with Gasteiger partial charge in [0.1, 0.15) is 0 Å². The van der Waals surface area contributed by atoms with Crippen molar-refractivity contribution in [1.29, 1.82) is 0 Å². The summed E-state index contributed by atoms with van der Waals surface area (Å²) in [6, 6.07) is 0. The summed E-state index contributed by atoms with van der Waals surface area (Å²) in [6.45, 7) is 4.24. The van der Waals surface area contributed by atoms with Crippen molar-refractivity contribution in [2.75, 3.05) is 7.11 Å². The number of methoxy groups -OCH3 is 1. The van der Waals surface area contributed by atoms with Crippen molar-refractivity contribution >= 4 is 0 Å². The monoisotopic (exact) mass is 186 g/mol. The highest BCUT2D eigenvalue weighted by Crippen LogP contribution is 2.41. The maximum Gasteiger partial charge on any atom is 0.0889 e. The Labute approximate surface area is 79.0 Å². The van der Waals surface area contributed by atoms with E-state index in [4.69, 9.17) is 9.47 Å². The van der Waals surface area contributed by atoms with E-state index in [1.807, 2.05) is 0 Å². The zero-order valence-corrected chi connectivity index (χ0v) is 8.43. The highest BCUT2D eigenvalue weighted by Gasteiger charge is 2.50. The van der Waals surface area contributed by atoms with Gasteiger partial charge in [-0.05, 0) is 0 Å². The number of aliphatic hydroxyl groups is 1. The molecule has 13 heavy (non-hydrogen) atoms. The number of rotatable bonds is 1. The Balaban J connectivity index is 2.18. The Morgan fingerprint density at radius 2 is 2.00 bits per heavy atom. The molecule has 76 valence electrons. The average molecular weight is 186 g/mol. The lowest BCUT2D eigenvalue weighted by Gasteiger charge is -2.38. The van der Waals surface area contributed by atoms with Crippen LogP contribution in [0.2, 0.25) is 0 Å². The van der Waals surface area contributed by atoms with E-state index in [0.717, 1.165) is 6.42 Å². The molecule has 2 aliphatic rings. The fourth-order valence-electron chi connectivity index (χ4n) is 2.84. The molecule has 0 aliphatic carbocycles. The predicted molar refractivity (Wildman–Crippen MR) is 48.4 cm³/mol. The van der Waals surface area contributed by atoms with Crippen LogP contribution in [0.5, 0.6) is 0 Å². The van der Waals surface area contributed by atoms with Gasteiger partial charge in [-0.25, -0.2) is 0 Å². The van der Waals surface area contributed by atoms with E-state index in [-0.39, 0.29) is 24.4 Å². The Morgan fingerprint density at radius 3 is 2.62 bits per heavy atom. The summed E-state index contributed by atoms with van der Waals surface area (Å²) in [6.07, 6.45) is 0.909. The van der Waals surface area contributed by atoms with Gasteiger partial charge in [-0.3, -0.25) is 0 Å². The average Bonchev–Trinajstić information content (AvgIpc) is 2.44. The summed E-state index contributed by atoms with van der Waals surface area (Å²) in [5.74, 6) is 0.696. The van der Waals surface area contributed by atoms with Gasteiger partial charge in [0.2, 0.25) is 0 Å². The van der Waals surface area contributed by atoms with Crippen LogP contribution >= 0.6 is 0 Å². The first-order valence-corrected chi connectivity index (χ1v) is 5.01. The first-order valence-electron chi connectivity index (χ1n) is 5.01. The topological polar surface area (TPSA) is 38.7 Å². The van der Waals surface area contributed by atoms with Crippen LogP contribution in [-0.4, -0.2) is 36.6 Å². The van der Waals surface area contributed by atoms with Crippen LogP contribution in [0.15, 0.2) is 0 Å². The largest absolute Gasteiger partial charge is 0.390 e. The molecular formula is C10H18O3. The van der Waals surface area contributed by atoms with Gasteiger partial charge in [0.05, 0.1) is 24.4 Å². The fraction of sp³-hybridized carbons (Fsp3) is 1.00. The molecule has 2 heterocycles. The fourth-order valence-corrected chi connectivity index (χ4v) is 2.84. The highest BCUT2D eigenvalue weighted by atomic mass is 16.5. The maximum atomic E-state index is 9.72. The SMILES string of the molecule is COC1C(C)C2CC(O)C(O2)C1C. The summed E-state index contributed by atoms with van der Waals surface area (Å²) >= 11 is 0. The van der Waals surface area contributed by atoms with E-state index in [9.17, 15) is 5.11 Å². The first kappa shape index (κ1) is 9.44. The maximum absolute atomic E-state index is 9.72. The molecule has 2 saturated heterocycles. The van der Waals surface area contributed by atoms with Crippen molar-refractivity contribution in [3.63, 3.8) is 0 Å². The van der Waals surface area contributed by atoms with Crippen LogP contribution in [0.25, 0.3) is 0 Å². The third-order valence-corrected chi connectivity index (χ3v) is 3.60. The first-order chi connectivity index (χ1) is 6.15. The second-order valence-corrected chi connectivity index (χ2v) is 4.36. The summed E-state index contributed by atoms with van der Waals surface area (Å²) < 4.78 is 11.2. The van der Waals surface area contributed by atoms with Crippen LogP contribution in [0.3, 0.4) is 0 Å². The normalized spacial score (nSPS) is 55.4. The van der Waals surface area contributed by atoms with Gasteiger partial charge in [0.15, 0.2) is 0 Å². The summed E-state index contributed by atoms with van der Waals surface area (Å²) in [5.41, 5.74) is 0. The zero-order valence-electron chi connectivity index (χ0n) is 8.43. The molecule has 0 amide bonds. The minimum absolute atomic E-state index is 0.00819. The van der Waals surface area contributed by atoms with Crippen molar-refractivity contribution in [2.24, 2.45) is 11.8 Å². The van der Waals surface area contributed by atoms with Crippen LogP contribution < -0.4 is 0 Å². The second kappa shape index (κ2) is 3.23. The van der Waals surface area contributed by atoms with Crippen molar-refractivity contribution in [3.8, 4) is 0 Å². The number of aliphatic hydroxyl groups excluding tert-OH is 1. The van der Waals surface area contributed by atoms with Gasteiger partial charge in [-0.1, -0.05) is 13.8 Å². The van der Waals surface area contributed by atoms with E-state index >= 15 is 0 Å². The molecule has 2 bridgehead atoms. The number of hydrogen-bond donors (Lipinski definition) is 1. The Morgan fingerprint density at radius 1 is 1.31 bits per heavy atom. The lowest BCUT2D eigenvalue weighted by Crippen LogP contribution is -2.46. The van der Waals surface area contributed by atoms with E-state index < -0.39 is 0 Å². The molecule has 3 nitrogen and oxygen atoms in total. The van der Waals surface area contributed by atoms with Crippen LogP contribution in [0.4, 0.5) is 0 Å². The quantitative estimate of drug-likeness (QED) is 0.658. The molecule has 2 aliphatic heterocycles. The van der Waals surface area contributed by atoms with Crippen LogP contribution in [0.1, 0.15) is 20.3 Å². The third-order valence-electron chi connectivity index (χ3n) is 3.60. The molecule has 0 spiro atoms. The number of fused-ring (bicyclic) bond motifs is 2. The molecule has 0 radical (unpaired) electrons. The molecule has 0 aromatic rings. The molecular weight excluding hydrogens is 168 g/mol. The molecule has 3 heteroatoms. The summed E-state index contributed by atoms with van der Waals surface area (Å²) in [7, 11) is 1.74. The van der Waals surface area contributed by atoms with Gasteiger partial charge < -0.3 is 14.6 Å². The molecule has 2 fully saturated rings. The van der Waals surface area contributed by atoms with E-state index in [1.54, 1.807) is 7.11 Å². The standard InChI is InChI=1S/C10H18O3/c1-5-8-4-7(11)10(13-8)6(2)9(5)12-3/h5-11H,4H2,1-3H3. The smallest absolute Gasteiger partial charge is 0.0889 e. The zero-order chi connectivity index (χ0) is 9.59. The Kier molecular flexibility index (Phi) is 2.34. The Bertz CT molecular complexity index is 195.